The molecule has 1 aliphatic rings. The molecule has 30 heavy (non-hydrogen) atoms. The van der Waals surface area contributed by atoms with Crippen LogP contribution in [-0.2, 0) is 4.74 Å². The Kier molecular flexibility index (Phi) is 4.76. The van der Waals surface area contributed by atoms with Gasteiger partial charge in [0.25, 0.3) is 5.91 Å². The van der Waals surface area contributed by atoms with E-state index in [2.05, 4.69) is 20.5 Å². The zero-order valence-corrected chi connectivity index (χ0v) is 16.7. The number of H-pyrrole nitrogens is 1. The summed E-state index contributed by atoms with van der Waals surface area (Å²) in [5, 5.41) is 16.9. The van der Waals surface area contributed by atoms with Crippen molar-refractivity contribution in [2.45, 2.75) is 18.9 Å². The standard InChI is InChI=1S/C22H22N6O2/c1-30-14-17-5-4-12-27(17)22(29)15-8-10-16(11-9-15)28-13-20(24-26-28)21-18-6-2-3-7-19(18)23-25-21/h2-3,6-11,13,17H,4-5,12,14H2,1H3,(H,23,25)/t17-/m0/s1. The van der Waals surface area contributed by atoms with E-state index in [0.29, 0.717) is 17.9 Å². The maximum Gasteiger partial charge on any atom is 0.254 e. The molecule has 1 amide bonds. The molecule has 8 nitrogen and oxygen atoms in total. The predicted molar refractivity (Wildman–Crippen MR) is 112 cm³/mol. The predicted octanol–water partition coefficient (Wildman–Crippen LogP) is 3.06. The van der Waals surface area contributed by atoms with Crippen LogP contribution in [0.15, 0.2) is 54.7 Å². The van der Waals surface area contributed by atoms with E-state index in [9.17, 15) is 4.79 Å². The lowest BCUT2D eigenvalue weighted by molar-refractivity contribution is 0.0630. The van der Waals surface area contributed by atoms with Crippen LogP contribution in [-0.4, -0.2) is 62.3 Å². The Morgan fingerprint density at radius 1 is 1.20 bits per heavy atom. The normalized spacial score (nSPS) is 16.4. The summed E-state index contributed by atoms with van der Waals surface area (Å²) in [5.41, 5.74) is 3.91. The maximum atomic E-state index is 12.9. The third-order valence-corrected chi connectivity index (χ3v) is 5.58. The smallest absolute Gasteiger partial charge is 0.254 e. The van der Waals surface area contributed by atoms with Crippen LogP contribution < -0.4 is 0 Å². The molecule has 1 atom stereocenters. The van der Waals surface area contributed by atoms with Gasteiger partial charge < -0.3 is 9.64 Å². The zero-order chi connectivity index (χ0) is 20.5. The lowest BCUT2D eigenvalue weighted by Gasteiger charge is -2.24. The molecule has 0 bridgehead atoms. The molecule has 152 valence electrons. The number of aromatic nitrogens is 5. The van der Waals surface area contributed by atoms with E-state index in [1.807, 2.05) is 59.6 Å². The Morgan fingerprint density at radius 2 is 2.03 bits per heavy atom. The Morgan fingerprint density at radius 3 is 2.87 bits per heavy atom. The van der Waals surface area contributed by atoms with Crippen LogP contribution in [0.4, 0.5) is 0 Å². The van der Waals surface area contributed by atoms with Gasteiger partial charge in [0.2, 0.25) is 0 Å². The SMILES string of the molecule is COC[C@@H]1CCCN1C(=O)c1ccc(-n2cc(-c3n[nH]c4ccccc34)nn2)cc1. The number of ether oxygens (including phenoxy) is 1. The molecule has 4 aromatic rings. The fourth-order valence-corrected chi connectivity index (χ4v) is 4.05. The fraction of sp³-hybridized carbons (Fsp3) is 0.273. The van der Waals surface area contributed by atoms with Gasteiger partial charge in [-0.05, 0) is 43.2 Å². The van der Waals surface area contributed by atoms with E-state index < -0.39 is 0 Å². The highest BCUT2D eigenvalue weighted by atomic mass is 16.5. The van der Waals surface area contributed by atoms with E-state index in [1.54, 1.807) is 11.8 Å². The van der Waals surface area contributed by atoms with Crippen LogP contribution in [0.2, 0.25) is 0 Å². The van der Waals surface area contributed by atoms with Gasteiger partial charge in [-0.3, -0.25) is 9.89 Å². The van der Waals surface area contributed by atoms with Crippen molar-refractivity contribution in [1.82, 2.24) is 30.1 Å². The van der Waals surface area contributed by atoms with Gasteiger partial charge in [0.1, 0.15) is 11.4 Å². The maximum absolute atomic E-state index is 12.9. The number of carbonyl (C=O) groups is 1. The minimum absolute atomic E-state index is 0.0448. The van der Waals surface area contributed by atoms with Gasteiger partial charge in [0.15, 0.2) is 0 Å². The third-order valence-electron chi connectivity index (χ3n) is 5.58. The molecular weight excluding hydrogens is 380 g/mol. The molecule has 0 unspecified atom stereocenters. The van der Waals surface area contributed by atoms with Crippen LogP contribution in [0.1, 0.15) is 23.2 Å². The molecule has 1 saturated heterocycles. The molecule has 0 spiro atoms. The van der Waals surface area contributed by atoms with Crippen LogP contribution in [0.5, 0.6) is 0 Å². The highest BCUT2D eigenvalue weighted by Crippen LogP contribution is 2.25. The number of likely N-dealkylation sites (tertiary alicyclic amines) is 1. The quantitative estimate of drug-likeness (QED) is 0.554. The second-order valence-corrected chi connectivity index (χ2v) is 7.46. The zero-order valence-electron chi connectivity index (χ0n) is 16.7. The first kappa shape index (κ1) is 18.5. The number of methoxy groups -OCH3 is 1. The number of hydrogen-bond donors (Lipinski definition) is 1. The van der Waals surface area contributed by atoms with Crippen molar-refractivity contribution in [3.8, 4) is 17.1 Å². The highest BCUT2D eigenvalue weighted by Gasteiger charge is 2.29. The first-order valence-electron chi connectivity index (χ1n) is 10.0. The Labute approximate surface area is 173 Å². The monoisotopic (exact) mass is 402 g/mol. The summed E-state index contributed by atoms with van der Waals surface area (Å²) in [7, 11) is 1.67. The number of amides is 1. The largest absolute Gasteiger partial charge is 0.383 e. The van der Waals surface area contributed by atoms with Gasteiger partial charge in [-0.1, -0.05) is 23.4 Å². The molecule has 2 aromatic heterocycles. The third kappa shape index (κ3) is 3.25. The first-order chi connectivity index (χ1) is 14.7. The molecule has 2 aromatic carbocycles. The van der Waals surface area contributed by atoms with Crippen LogP contribution in [0, 0.1) is 0 Å². The molecule has 5 rings (SSSR count). The van der Waals surface area contributed by atoms with Gasteiger partial charge >= 0.3 is 0 Å². The first-order valence-corrected chi connectivity index (χ1v) is 10.0. The molecule has 0 aliphatic carbocycles. The number of para-hydroxylation sites is 1. The van der Waals surface area contributed by atoms with Gasteiger partial charge in [-0.25, -0.2) is 4.68 Å². The van der Waals surface area contributed by atoms with E-state index >= 15 is 0 Å². The second-order valence-electron chi connectivity index (χ2n) is 7.46. The summed E-state index contributed by atoms with van der Waals surface area (Å²) in [6.45, 7) is 1.35. The Hall–Kier alpha value is -3.52. The molecule has 1 aliphatic heterocycles. The van der Waals surface area contributed by atoms with Crippen molar-refractivity contribution in [2.75, 3.05) is 20.3 Å². The number of fused-ring (bicyclic) bond motifs is 1. The van der Waals surface area contributed by atoms with Gasteiger partial charge in [0, 0.05) is 24.6 Å². The number of rotatable bonds is 5. The van der Waals surface area contributed by atoms with Crippen molar-refractivity contribution in [3.63, 3.8) is 0 Å². The number of hydrogen-bond acceptors (Lipinski definition) is 5. The fourth-order valence-electron chi connectivity index (χ4n) is 4.05. The summed E-state index contributed by atoms with van der Waals surface area (Å²) >= 11 is 0. The van der Waals surface area contributed by atoms with E-state index in [1.165, 1.54) is 0 Å². The van der Waals surface area contributed by atoms with E-state index in [0.717, 1.165) is 41.7 Å². The number of carbonyl (C=O) groups excluding carboxylic acids is 1. The van der Waals surface area contributed by atoms with E-state index in [-0.39, 0.29) is 11.9 Å². The lowest BCUT2D eigenvalue weighted by atomic mass is 10.1. The average molecular weight is 402 g/mol. The molecule has 1 fully saturated rings. The van der Waals surface area contributed by atoms with Crippen LogP contribution in [0.25, 0.3) is 28.0 Å². The lowest BCUT2D eigenvalue weighted by Crippen LogP contribution is -2.38. The van der Waals surface area contributed by atoms with Crippen LogP contribution >= 0.6 is 0 Å². The Bertz CT molecular complexity index is 1180. The highest BCUT2D eigenvalue weighted by molar-refractivity contribution is 5.95. The number of aromatic amines is 1. The van der Waals surface area contributed by atoms with Gasteiger partial charge in [-0.2, -0.15) is 5.10 Å². The summed E-state index contributed by atoms with van der Waals surface area (Å²) in [5.74, 6) is 0.0448. The van der Waals surface area contributed by atoms with Crippen molar-refractivity contribution in [3.05, 3.63) is 60.3 Å². The number of nitrogens with zero attached hydrogens (tertiary/aromatic N) is 5. The summed E-state index contributed by atoms with van der Waals surface area (Å²) in [6, 6.07) is 15.5. The summed E-state index contributed by atoms with van der Waals surface area (Å²) in [4.78, 5) is 14.8. The average Bonchev–Trinajstić information content (AvgIpc) is 3.53. The molecule has 3 heterocycles. The van der Waals surface area contributed by atoms with Crippen molar-refractivity contribution in [2.24, 2.45) is 0 Å². The van der Waals surface area contributed by atoms with Crippen molar-refractivity contribution in [1.29, 1.82) is 0 Å². The van der Waals surface area contributed by atoms with Crippen molar-refractivity contribution < 1.29 is 9.53 Å². The summed E-state index contributed by atoms with van der Waals surface area (Å²) < 4.78 is 6.95. The number of nitrogens with one attached hydrogen (secondary N) is 1. The van der Waals surface area contributed by atoms with Gasteiger partial charge in [-0.15, -0.1) is 5.10 Å². The molecule has 8 heteroatoms. The topological polar surface area (TPSA) is 88.9 Å². The molecule has 1 N–H and O–H groups in total. The van der Waals surface area contributed by atoms with E-state index in [4.69, 9.17) is 4.74 Å². The minimum atomic E-state index is 0.0448. The number of benzene rings is 2. The second kappa shape index (κ2) is 7.72. The molecule has 0 radical (unpaired) electrons. The minimum Gasteiger partial charge on any atom is -0.383 e. The van der Waals surface area contributed by atoms with Crippen LogP contribution in [0.3, 0.4) is 0 Å². The van der Waals surface area contributed by atoms with Crippen molar-refractivity contribution >= 4 is 16.8 Å². The summed E-state index contributed by atoms with van der Waals surface area (Å²) in [6.07, 6.45) is 3.84. The van der Waals surface area contributed by atoms with Gasteiger partial charge in [0.05, 0.1) is 30.0 Å². The molecular formula is C22H22N6O2. The Balaban J connectivity index is 1.37. The molecule has 0 saturated carbocycles.